The van der Waals surface area contributed by atoms with Crippen molar-refractivity contribution in [2.75, 3.05) is 30.2 Å². The van der Waals surface area contributed by atoms with Crippen LogP contribution in [0.1, 0.15) is 50.7 Å². The second-order valence-corrected chi connectivity index (χ2v) is 10.8. The first kappa shape index (κ1) is 28.4. The molecule has 35 heavy (non-hydrogen) atoms. The van der Waals surface area contributed by atoms with Gasteiger partial charge in [-0.2, -0.15) is 0 Å². The lowest BCUT2D eigenvalue weighted by Crippen LogP contribution is -2.49. The SMILES string of the molecule is CCCCNC(=O)[C@@H](C)N(CCc1ccccc1)C(=O)CCCN(c1ccccc1C)S(C)(=O)=O. The summed E-state index contributed by atoms with van der Waals surface area (Å²) in [6, 6.07) is 16.5. The van der Waals surface area contributed by atoms with E-state index in [0.717, 1.165) is 24.0 Å². The highest BCUT2D eigenvalue weighted by atomic mass is 32.2. The highest BCUT2D eigenvalue weighted by Gasteiger charge is 2.26. The molecule has 0 fully saturated rings. The van der Waals surface area contributed by atoms with Crippen LogP contribution in [-0.2, 0) is 26.0 Å². The number of rotatable bonds is 14. The van der Waals surface area contributed by atoms with E-state index in [2.05, 4.69) is 12.2 Å². The molecule has 8 heteroatoms. The Bertz CT molecular complexity index is 1060. The Morgan fingerprint density at radius 1 is 0.971 bits per heavy atom. The third kappa shape index (κ3) is 9.02. The van der Waals surface area contributed by atoms with Crippen LogP contribution < -0.4 is 9.62 Å². The largest absolute Gasteiger partial charge is 0.354 e. The van der Waals surface area contributed by atoms with Crippen LogP contribution in [0.25, 0.3) is 0 Å². The Kier molecular flexibility index (Phi) is 11.2. The molecule has 2 rings (SSSR count). The first-order valence-corrected chi connectivity index (χ1v) is 14.1. The number of unbranched alkanes of at least 4 members (excludes halogenated alkanes) is 1. The van der Waals surface area contributed by atoms with Gasteiger partial charge < -0.3 is 10.2 Å². The van der Waals surface area contributed by atoms with Crippen LogP contribution in [0.4, 0.5) is 5.69 Å². The van der Waals surface area contributed by atoms with Crippen molar-refractivity contribution >= 4 is 27.5 Å². The normalized spacial score (nSPS) is 12.1. The molecule has 1 N–H and O–H groups in total. The fraction of sp³-hybridized carbons (Fsp3) is 0.481. The number of carbonyl (C=O) groups is 2. The van der Waals surface area contributed by atoms with Crippen LogP contribution in [-0.4, -0.2) is 57.1 Å². The van der Waals surface area contributed by atoms with Gasteiger partial charge in [-0.15, -0.1) is 0 Å². The van der Waals surface area contributed by atoms with Crippen LogP contribution in [0.3, 0.4) is 0 Å². The van der Waals surface area contributed by atoms with Gasteiger partial charge in [-0.25, -0.2) is 8.42 Å². The van der Waals surface area contributed by atoms with Gasteiger partial charge in [0.05, 0.1) is 11.9 Å². The maximum absolute atomic E-state index is 13.3. The lowest BCUT2D eigenvalue weighted by molar-refractivity contribution is -0.139. The summed E-state index contributed by atoms with van der Waals surface area (Å²) in [5, 5.41) is 2.92. The Hall–Kier alpha value is -2.87. The summed E-state index contributed by atoms with van der Waals surface area (Å²) < 4.78 is 26.3. The molecule has 0 spiro atoms. The van der Waals surface area contributed by atoms with E-state index in [9.17, 15) is 18.0 Å². The lowest BCUT2D eigenvalue weighted by Gasteiger charge is -2.29. The second-order valence-electron chi connectivity index (χ2n) is 8.87. The predicted molar refractivity (Wildman–Crippen MR) is 142 cm³/mol. The van der Waals surface area contributed by atoms with E-state index in [1.54, 1.807) is 24.0 Å². The van der Waals surface area contributed by atoms with Gasteiger partial charge in [-0.3, -0.25) is 13.9 Å². The Morgan fingerprint density at radius 3 is 2.26 bits per heavy atom. The molecule has 0 aliphatic heterocycles. The average Bonchev–Trinajstić information content (AvgIpc) is 2.82. The van der Waals surface area contributed by atoms with Gasteiger partial charge in [-0.05, 0) is 50.3 Å². The van der Waals surface area contributed by atoms with E-state index in [0.29, 0.717) is 31.6 Å². The summed E-state index contributed by atoms with van der Waals surface area (Å²) in [4.78, 5) is 27.6. The molecule has 2 amide bonds. The van der Waals surface area contributed by atoms with Crippen molar-refractivity contribution in [3.8, 4) is 0 Å². The molecule has 0 unspecified atom stereocenters. The summed E-state index contributed by atoms with van der Waals surface area (Å²) >= 11 is 0. The van der Waals surface area contributed by atoms with Crippen LogP contribution in [0.5, 0.6) is 0 Å². The van der Waals surface area contributed by atoms with Crippen molar-refractivity contribution in [2.45, 2.75) is 58.9 Å². The minimum atomic E-state index is -3.50. The quantitative estimate of drug-likeness (QED) is 0.398. The van der Waals surface area contributed by atoms with Gasteiger partial charge >= 0.3 is 0 Å². The molecule has 7 nitrogen and oxygen atoms in total. The molecular weight excluding hydrogens is 462 g/mol. The van der Waals surface area contributed by atoms with Crippen molar-refractivity contribution in [1.29, 1.82) is 0 Å². The fourth-order valence-electron chi connectivity index (χ4n) is 3.93. The number of carbonyl (C=O) groups excluding carboxylic acids is 2. The third-order valence-corrected chi connectivity index (χ3v) is 7.20. The first-order valence-electron chi connectivity index (χ1n) is 12.3. The molecule has 2 aromatic carbocycles. The number of hydrogen-bond donors (Lipinski definition) is 1. The summed E-state index contributed by atoms with van der Waals surface area (Å²) in [5.74, 6) is -0.324. The highest BCUT2D eigenvalue weighted by molar-refractivity contribution is 7.92. The molecule has 0 aromatic heterocycles. The first-order chi connectivity index (χ1) is 16.6. The van der Waals surface area contributed by atoms with Gasteiger partial charge in [0, 0.05) is 26.1 Å². The summed E-state index contributed by atoms with van der Waals surface area (Å²) in [6.07, 6.45) is 4.18. The minimum absolute atomic E-state index is 0.152. The molecule has 0 aliphatic rings. The second kappa shape index (κ2) is 13.9. The zero-order valence-corrected chi connectivity index (χ0v) is 22.2. The highest BCUT2D eigenvalue weighted by Crippen LogP contribution is 2.22. The van der Waals surface area contributed by atoms with Crippen molar-refractivity contribution < 1.29 is 18.0 Å². The number of benzene rings is 2. The molecule has 0 saturated carbocycles. The number of sulfonamides is 1. The topological polar surface area (TPSA) is 86.8 Å². The number of nitrogens with zero attached hydrogens (tertiary/aromatic N) is 2. The maximum atomic E-state index is 13.3. The minimum Gasteiger partial charge on any atom is -0.354 e. The number of para-hydroxylation sites is 1. The molecule has 0 heterocycles. The zero-order chi connectivity index (χ0) is 25.8. The standard InChI is InChI=1S/C27H39N3O4S/c1-5-6-19-28-27(32)23(3)29(21-18-24-14-8-7-9-15-24)26(31)17-12-20-30(35(4,33)34)25-16-11-10-13-22(25)2/h7-11,13-16,23H,5-6,12,17-21H2,1-4H3,(H,28,32)/t23-/m1/s1. The molecule has 0 saturated heterocycles. The van der Waals surface area contributed by atoms with Crippen molar-refractivity contribution in [3.63, 3.8) is 0 Å². The number of aryl methyl sites for hydroxylation is 1. The van der Waals surface area contributed by atoms with Gasteiger partial charge in [0.15, 0.2) is 0 Å². The Labute approximate surface area is 210 Å². The van der Waals surface area contributed by atoms with E-state index in [-0.39, 0.29) is 24.8 Å². The molecule has 0 aliphatic carbocycles. The third-order valence-electron chi connectivity index (χ3n) is 6.02. The van der Waals surface area contributed by atoms with Gasteiger partial charge in [-0.1, -0.05) is 61.9 Å². The average molecular weight is 502 g/mol. The Morgan fingerprint density at radius 2 is 1.63 bits per heavy atom. The van der Waals surface area contributed by atoms with E-state index in [1.165, 1.54) is 10.6 Å². The van der Waals surface area contributed by atoms with Crippen molar-refractivity contribution in [2.24, 2.45) is 0 Å². The van der Waals surface area contributed by atoms with E-state index < -0.39 is 16.1 Å². The van der Waals surface area contributed by atoms with E-state index in [4.69, 9.17) is 0 Å². The molecule has 0 bridgehead atoms. The predicted octanol–water partition coefficient (Wildman–Crippen LogP) is 3.92. The number of nitrogens with one attached hydrogen (secondary N) is 1. The van der Waals surface area contributed by atoms with E-state index >= 15 is 0 Å². The van der Waals surface area contributed by atoms with Crippen LogP contribution in [0, 0.1) is 6.92 Å². The van der Waals surface area contributed by atoms with Gasteiger partial charge in [0.25, 0.3) is 0 Å². The molecule has 192 valence electrons. The van der Waals surface area contributed by atoms with Crippen LogP contribution in [0.15, 0.2) is 54.6 Å². The number of anilines is 1. The van der Waals surface area contributed by atoms with Gasteiger partial charge in [0.1, 0.15) is 6.04 Å². The molecule has 1 atom stereocenters. The molecular formula is C27H39N3O4S. The van der Waals surface area contributed by atoms with Gasteiger partial charge in [0.2, 0.25) is 21.8 Å². The van der Waals surface area contributed by atoms with E-state index in [1.807, 2.05) is 49.4 Å². The zero-order valence-electron chi connectivity index (χ0n) is 21.4. The lowest BCUT2D eigenvalue weighted by atomic mass is 10.1. The summed E-state index contributed by atoms with van der Waals surface area (Å²) in [7, 11) is -3.50. The van der Waals surface area contributed by atoms with Crippen molar-refractivity contribution in [1.82, 2.24) is 10.2 Å². The summed E-state index contributed by atoms with van der Waals surface area (Å²) in [6.45, 7) is 6.86. The maximum Gasteiger partial charge on any atom is 0.242 e. The monoisotopic (exact) mass is 501 g/mol. The van der Waals surface area contributed by atoms with Crippen molar-refractivity contribution in [3.05, 3.63) is 65.7 Å². The number of hydrogen-bond acceptors (Lipinski definition) is 4. The molecule has 0 radical (unpaired) electrons. The van der Waals surface area contributed by atoms with Crippen LogP contribution in [0.2, 0.25) is 0 Å². The summed E-state index contributed by atoms with van der Waals surface area (Å²) in [5.41, 5.74) is 2.56. The smallest absolute Gasteiger partial charge is 0.242 e. The van der Waals surface area contributed by atoms with Crippen LogP contribution >= 0.6 is 0 Å². The fourth-order valence-corrected chi connectivity index (χ4v) is 4.95. The number of amides is 2. The Balaban J connectivity index is 2.09. The molecule has 2 aromatic rings.